The molecule has 1 heterocycles. The van der Waals surface area contributed by atoms with E-state index in [0.717, 1.165) is 6.07 Å². The molecule has 116 valence electrons. The van der Waals surface area contributed by atoms with Crippen LogP contribution in [-0.2, 0) is 0 Å². The van der Waals surface area contributed by atoms with Gasteiger partial charge in [0, 0.05) is 10.6 Å². The van der Waals surface area contributed by atoms with Gasteiger partial charge in [0.1, 0.15) is 5.82 Å². The molecule has 0 spiro atoms. The van der Waals surface area contributed by atoms with E-state index < -0.39 is 11.7 Å². The van der Waals surface area contributed by atoms with Gasteiger partial charge in [-0.2, -0.15) is 4.98 Å². The number of carbonyl (C=O) groups excluding carboxylic acids is 1. The van der Waals surface area contributed by atoms with E-state index in [-0.39, 0.29) is 16.5 Å². The smallest absolute Gasteiger partial charge is 0.261 e. The van der Waals surface area contributed by atoms with Crippen molar-refractivity contribution in [2.75, 3.05) is 5.32 Å². The number of benzene rings is 2. The van der Waals surface area contributed by atoms with Gasteiger partial charge in [-0.15, -0.1) is 5.10 Å². The van der Waals surface area contributed by atoms with Crippen molar-refractivity contribution in [1.29, 1.82) is 0 Å². The molecule has 1 aromatic heterocycles. The van der Waals surface area contributed by atoms with Gasteiger partial charge in [-0.1, -0.05) is 35.3 Å². The van der Waals surface area contributed by atoms with Gasteiger partial charge in [0.15, 0.2) is 5.82 Å². The summed E-state index contributed by atoms with van der Waals surface area (Å²) in [4.78, 5) is 16.2. The first-order valence-corrected chi connectivity index (χ1v) is 7.24. The molecule has 23 heavy (non-hydrogen) atoms. The predicted molar refractivity (Wildman–Crippen MR) is 86.2 cm³/mol. The third kappa shape index (κ3) is 3.33. The molecular weight excluding hydrogens is 342 g/mol. The molecular formula is C15H9Cl2FN4O. The Hall–Kier alpha value is -2.44. The first kappa shape index (κ1) is 15.5. The molecule has 2 aromatic carbocycles. The van der Waals surface area contributed by atoms with Crippen LogP contribution in [0.15, 0.2) is 42.5 Å². The number of aromatic amines is 1. The van der Waals surface area contributed by atoms with Gasteiger partial charge >= 0.3 is 0 Å². The summed E-state index contributed by atoms with van der Waals surface area (Å²) in [5, 5.41) is 9.65. The van der Waals surface area contributed by atoms with E-state index in [1.807, 2.05) is 0 Å². The molecule has 1 amide bonds. The van der Waals surface area contributed by atoms with E-state index in [0.29, 0.717) is 16.4 Å². The number of aromatic nitrogens is 3. The number of halogens is 3. The summed E-state index contributed by atoms with van der Waals surface area (Å²) in [6.07, 6.45) is 0. The average molecular weight is 351 g/mol. The van der Waals surface area contributed by atoms with Crippen LogP contribution in [0.1, 0.15) is 10.4 Å². The fourth-order valence-corrected chi connectivity index (χ4v) is 2.32. The molecule has 8 heteroatoms. The lowest BCUT2D eigenvalue weighted by atomic mass is 10.2. The first-order valence-electron chi connectivity index (χ1n) is 6.48. The summed E-state index contributed by atoms with van der Waals surface area (Å²) in [5.41, 5.74) is 0.485. The quantitative estimate of drug-likeness (QED) is 0.744. The third-order valence-corrected chi connectivity index (χ3v) is 3.58. The van der Waals surface area contributed by atoms with Crippen molar-refractivity contribution in [1.82, 2.24) is 15.2 Å². The summed E-state index contributed by atoms with van der Waals surface area (Å²) in [5.74, 6) is -0.998. The summed E-state index contributed by atoms with van der Waals surface area (Å²) in [7, 11) is 0. The van der Waals surface area contributed by atoms with E-state index >= 15 is 0 Å². The van der Waals surface area contributed by atoms with Crippen LogP contribution in [0.25, 0.3) is 11.4 Å². The monoisotopic (exact) mass is 350 g/mol. The molecule has 3 aromatic rings. The SMILES string of the molecule is O=C(Nc1n[nH]c(-c2ccccc2Cl)n1)c1ccc(Cl)cc1F. The number of hydrogen-bond donors (Lipinski definition) is 2. The zero-order valence-corrected chi connectivity index (χ0v) is 13.0. The number of rotatable bonds is 3. The molecule has 0 aliphatic heterocycles. The lowest BCUT2D eigenvalue weighted by molar-refractivity contribution is 0.102. The number of nitrogens with zero attached hydrogens (tertiary/aromatic N) is 2. The largest absolute Gasteiger partial charge is 0.289 e. The Morgan fingerprint density at radius 2 is 1.96 bits per heavy atom. The van der Waals surface area contributed by atoms with Crippen LogP contribution in [0.5, 0.6) is 0 Å². The van der Waals surface area contributed by atoms with E-state index in [1.54, 1.807) is 24.3 Å². The van der Waals surface area contributed by atoms with Gasteiger partial charge in [0.25, 0.3) is 5.91 Å². The normalized spacial score (nSPS) is 10.6. The molecule has 0 saturated carbocycles. The molecule has 0 fully saturated rings. The average Bonchev–Trinajstić information content (AvgIpc) is 2.95. The zero-order chi connectivity index (χ0) is 16.4. The van der Waals surface area contributed by atoms with Crippen LogP contribution in [-0.4, -0.2) is 21.1 Å². The van der Waals surface area contributed by atoms with E-state index in [4.69, 9.17) is 23.2 Å². The molecule has 2 N–H and O–H groups in total. The molecule has 3 rings (SSSR count). The van der Waals surface area contributed by atoms with Crippen molar-refractivity contribution < 1.29 is 9.18 Å². The van der Waals surface area contributed by atoms with Crippen molar-refractivity contribution in [2.45, 2.75) is 0 Å². The molecule has 0 unspecified atom stereocenters. The minimum Gasteiger partial charge on any atom is -0.289 e. The van der Waals surface area contributed by atoms with E-state index in [9.17, 15) is 9.18 Å². The number of hydrogen-bond acceptors (Lipinski definition) is 3. The molecule has 0 bridgehead atoms. The minimum absolute atomic E-state index is 0.0132. The van der Waals surface area contributed by atoms with Crippen molar-refractivity contribution in [2.24, 2.45) is 0 Å². The number of amides is 1. The lowest BCUT2D eigenvalue weighted by Gasteiger charge is -2.02. The van der Waals surface area contributed by atoms with Gasteiger partial charge in [0.2, 0.25) is 5.95 Å². The summed E-state index contributed by atoms with van der Waals surface area (Å²) in [6.45, 7) is 0. The summed E-state index contributed by atoms with van der Waals surface area (Å²) in [6, 6.07) is 10.8. The molecule has 0 aliphatic rings. The third-order valence-electron chi connectivity index (χ3n) is 3.02. The van der Waals surface area contributed by atoms with Crippen LogP contribution in [0.3, 0.4) is 0 Å². The van der Waals surface area contributed by atoms with Crippen LogP contribution >= 0.6 is 23.2 Å². The lowest BCUT2D eigenvalue weighted by Crippen LogP contribution is -2.14. The first-order chi connectivity index (χ1) is 11.0. The number of anilines is 1. The van der Waals surface area contributed by atoms with Crippen LogP contribution in [0, 0.1) is 5.82 Å². The van der Waals surface area contributed by atoms with Gasteiger partial charge in [0.05, 0.1) is 10.6 Å². The number of carbonyl (C=O) groups is 1. The number of H-pyrrole nitrogens is 1. The predicted octanol–water partition coefficient (Wildman–Crippen LogP) is 4.17. The number of nitrogens with one attached hydrogen (secondary N) is 2. The van der Waals surface area contributed by atoms with Crippen molar-refractivity contribution in [3.8, 4) is 11.4 Å². The maximum absolute atomic E-state index is 13.7. The Balaban J connectivity index is 1.82. The second-order valence-corrected chi connectivity index (χ2v) is 5.41. The van der Waals surface area contributed by atoms with Crippen molar-refractivity contribution >= 4 is 35.1 Å². The summed E-state index contributed by atoms with van der Waals surface area (Å²) < 4.78 is 13.7. The Morgan fingerprint density at radius 1 is 1.17 bits per heavy atom. The topological polar surface area (TPSA) is 70.7 Å². The Bertz CT molecular complexity index is 881. The molecule has 0 aliphatic carbocycles. The highest BCUT2D eigenvalue weighted by Gasteiger charge is 2.15. The second kappa shape index (κ2) is 6.36. The van der Waals surface area contributed by atoms with Crippen LogP contribution in [0.2, 0.25) is 10.0 Å². The van der Waals surface area contributed by atoms with Gasteiger partial charge in [-0.3, -0.25) is 15.2 Å². The standard InChI is InChI=1S/C15H9Cl2FN4O/c16-8-5-6-10(12(18)7-8)14(23)20-15-19-13(21-22-15)9-3-1-2-4-11(9)17/h1-7H,(H2,19,20,21,22,23). The summed E-state index contributed by atoms with van der Waals surface area (Å²) >= 11 is 11.7. The fourth-order valence-electron chi connectivity index (χ4n) is 1.93. The molecule has 5 nitrogen and oxygen atoms in total. The van der Waals surface area contributed by atoms with Crippen molar-refractivity contribution in [3.05, 3.63) is 63.9 Å². The highest BCUT2D eigenvalue weighted by Crippen LogP contribution is 2.25. The van der Waals surface area contributed by atoms with Crippen LogP contribution < -0.4 is 5.32 Å². The van der Waals surface area contributed by atoms with E-state index in [2.05, 4.69) is 20.5 Å². The van der Waals surface area contributed by atoms with Gasteiger partial charge in [-0.25, -0.2) is 4.39 Å². The maximum atomic E-state index is 13.7. The highest BCUT2D eigenvalue weighted by molar-refractivity contribution is 6.33. The van der Waals surface area contributed by atoms with Crippen molar-refractivity contribution in [3.63, 3.8) is 0 Å². The van der Waals surface area contributed by atoms with E-state index in [1.165, 1.54) is 12.1 Å². The highest BCUT2D eigenvalue weighted by atomic mass is 35.5. The molecule has 0 radical (unpaired) electrons. The van der Waals surface area contributed by atoms with Crippen LogP contribution in [0.4, 0.5) is 10.3 Å². The minimum atomic E-state index is -0.725. The second-order valence-electron chi connectivity index (χ2n) is 4.57. The zero-order valence-electron chi connectivity index (χ0n) is 11.5. The fraction of sp³-hybridized carbons (Fsp3) is 0. The Kier molecular flexibility index (Phi) is 4.27. The maximum Gasteiger partial charge on any atom is 0.261 e. The Labute approximate surface area is 140 Å². The van der Waals surface area contributed by atoms with Gasteiger partial charge < -0.3 is 0 Å². The van der Waals surface area contributed by atoms with Gasteiger partial charge in [-0.05, 0) is 30.3 Å². The Morgan fingerprint density at radius 3 is 2.70 bits per heavy atom. The molecule has 0 atom stereocenters. The molecule has 0 saturated heterocycles.